The lowest BCUT2D eigenvalue weighted by molar-refractivity contribution is -0.167. The molecule has 0 bridgehead atoms. The van der Waals surface area contributed by atoms with Crippen LogP contribution in [0, 0.1) is 0 Å². The monoisotopic (exact) mass is 1130 g/mol. The van der Waals surface area contributed by atoms with Gasteiger partial charge in [-0.25, -0.2) is 0 Å². The molecule has 0 N–H and O–H groups in total. The Morgan fingerprint density at radius 2 is 0.481 bits per heavy atom. The summed E-state index contributed by atoms with van der Waals surface area (Å²) in [5, 5.41) is 0. The number of ether oxygens (including phenoxy) is 3. The Balaban J connectivity index is 4.25. The van der Waals surface area contributed by atoms with Crippen molar-refractivity contribution in [3.63, 3.8) is 0 Å². The molecule has 81 heavy (non-hydrogen) atoms. The molecule has 1 unspecified atom stereocenters. The molecular formula is C75H136O6. The second kappa shape index (κ2) is 69.6. The summed E-state index contributed by atoms with van der Waals surface area (Å²) in [7, 11) is 0. The summed E-state index contributed by atoms with van der Waals surface area (Å²) >= 11 is 0. The molecule has 0 aromatic carbocycles. The molecule has 472 valence electrons. The van der Waals surface area contributed by atoms with Crippen molar-refractivity contribution in [2.24, 2.45) is 0 Å². The van der Waals surface area contributed by atoms with Crippen LogP contribution in [0.2, 0.25) is 0 Å². The Kier molecular flexibility index (Phi) is 67.1. The fourth-order valence-corrected chi connectivity index (χ4v) is 10.7. The lowest BCUT2D eigenvalue weighted by atomic mass is 10.0. The number of unbranched alkanes of at least 4 members (excludes halogenated alkanes) is 45. The average molecular weight is 1130 g/mol. The molecule has 0 aliphatic heterocycles. The van der Waals surface area contributed by atoms with Crippen LogP contribution in [0.15, 0.2) is 60.8 Å². The molecular weight excluding hydrogens is 997 g/mol. The molecule has 0 saturated carbocycles. The van der Waals surface area contributed by atoms with Crippen LogP contribution in [0.5, 0.6) is 0 Å². The highest BCUT2D eigenvalue weighted by Gasteiger charge is 2.19. The van der Waals surface area contributed by atoms with Crippen molar-refractivity contribution in [2.45, 2.75) is 386 Å². The van der Waals surface area contributed by atoms with E-state index >= 15 is 0 Å². The van der Waals surface area contributed by atoms with E-state index in [0.717, 1.165) is 96.3 Å². The summed E-state index contributed by atoms with van der Waals surface area (Å²) in [6.07, 6.45) is 89.7. The predicted molar refractivity (Wildman–Crippen MR) is 353 cm³/mol. The molecule has 6 nitrogen and oxygen atoms in total. The molecule has 0 spiro atoms. The molecule has 0 aliphatic rings. The summed E-state index contributed by atoms with van der Waals surface area (Å²) in [6, 6.07) is 0. The fourth-order valence-electron chi connectivity index (χ4n) is 10.7. The van der Waals surface area contributed by atoms with Crippen LogP contribution < -0.4 is 0 Å². The van der Waals surface area contributed by atoms with E-state index in [-0.39, 0.29) is 31.1 Å². The van der Waals surface area contributed by atoms with Gasteiger partial charge in [-0.05, 0) is 64.2 Å². The van der Waals surface area contributed by atoms with Crippen molar-refractivity contribution in [3.05, 3.63) is 60.8 Å². The van der Waals surface area contributed by atoms with Gasteiger partial charge in [0, 0.05) is 19.3 Å². The minimum Gasteiger partial charge on any atom is -0.462 e. The van der Waals surface area contributed by atoms with E-state index in [4.69, 9.17) is 14.2 Å². The van der Waals surface area contributed by atoms with E-state index in [2.05, 4.69) is 81.5 Å². The number of carbonyl (C=O) groups excluding carboxylic acids is 3. The topological polar surface area (TPSA) is 78.9 Å². The Morgan fingerprint density at radius 1 is 0.259 bits per heavy atom. The van der Waals surface area contributed by atoms with Gasteiger partial charge in [-0.1, -0.05) is 358 Å². The Labute approximate surface area is 504 Å². The molecule has 0 saturated heterocycles. The van der Waals surface area contributed by atoms with Crippen LogP contribution in [0.4, 0.5) is 0 Å². The molecule has 0 aliphatic carbocycles. The number of allylic oxidation sites excluding steroid dienone is 10. The normalized spacial score (nSPS) is 12.4. The van der Waals surface area contributed by atoms with Gasteiger partial charge >= 0.3 is 17.9 Å². The van der Waals surface area contributed by atoms with Crippen molar-refractivity contribution in [1.29, 1.82) is 0 Å². The maximum absolute atomic E-state index is 13.0. The van der Waals surface area contributed by atoms with Crippen LogP contribution in [0.3, 0.4) is 0 Å². The first-order chi connectivity index (χ1) is 40.0. The van der Waals surface area contributed by atoms with Crippen LogP contribution in [0.1, 0.15) is 380 Å². The number of hydrogen-bond donors (Lipinski definition) is 0. The number of rotatable bonds is 66. The summed E-state index contributed by atoms with van der Waals surface area (Å²) in [5.74, 6) is -0.850. The third kappa shape index (κ3) is 67.8. The van der Waals surface area contributed by atoms with Crippen molar-refractivity contribution in [2.75, 3.05) is 13.2 Å². The maximum Gasteiger partial charge on any atom is 0.306 e. The Hall–Kier alpha value is -2.89. The highest BCUT2D eigenvalue weighted by Crippen LogP contribution is 2.19. The van der Waals surface area contributed by atoms with E-state index in [0.29, 0.717) is 19.3 Å². The summed E-state index contributed by atoms with van der Waals surface area (Å²) in [4.78, 5) is 38.4. The fraction of sp³-hybridized carbons (Fsp3) is 0.827. The first-order valence-corrected chi connectivity index (χ1v) is 35.8. The van der Waals surface area contributed by atoms with E-state index < -0.39 is 6.10 Å². The van der Waals surface area contributed by atoms with E-state index in [1.807, 2.05) is 0 Å². The first-order valence-electron chi connectivity index (χ1n) is 35.8. The van der Waals surface area contributed by atoms with E-state index in [1.165, 1.54) is 244 Å². The van der Waals surface area contributed by atoms with Crippen LogP contribution in [-0.4, -0.2) is 37.2 Å². The Bertz CT molecular complexity index is 1440. The van der Waals surface area contributed by atoms with Crippen molar-refractivity contribution >= 4 is 17.9 Å². The van der Waals surface area contributed by atoms with E-state index in [9.17, 15) is 14.4 Å². The van der Waals surface area contributed by atoms with Gasteiger partial charge in [0.1, 0.15) is 13.2 Å². The van der Waals surface area contributed by atoms with Gasteiger partial charge in [-0.3, -0.25) is 14.4 Å². The minimum absolute atomic E-state index is 0.0703. The van der Waals surface area contributed by atoms with Gasteiger partial charge in [0.05, 0.1) is 0 Å². The zero-order chi connectivity index (χ0) is 58.5. The standard InChI is InChI=1S/C75H136O6/c1-4-7-10-13-16-19-22-25-27-29-31-33-35-37-39-41-43-45-47-50-53-56-59-62-65-68-74(77)80-71-72(70-79-73(76)67-64-61-58-55-52-49-24-21-18-15-12-9-6-3)81-75(78)69-66-63-60-57-54-51-48-46-44-42-40-38-36-34-32-30-28-26-23-20-17-14-11-8-5-2/h7,10,16,19,25,27,31,33,37,39,72H,4-6,8-9,11-15,17-18,20-24,26,28-30,32,34-36,38,40-71H2,1-3H3/b10-7-,19-16-,27-25-,33-31-,39-37-. The first kappa shape index (κ1) is 78.1. The van der Waals surface area contributed by atoms with Gasteiger partial charge in [0.2, 0.25) is 0 Å². The lowest BCUT2D eigenvalue weighted by Gasteiger charge is -2.18. The van der Waals surface area contributed by atoms with Gasteiger partial charge in [-0.15, -0.1) is 0 Å². The van der Waals surface area contributed by atoms with Gasteiger partial charge in [-0.2, -0.15) is 0 Å². The third-order valence-corrected chi connectivity index (χ3v) is 16.0. The molecule has 1 atom stereocenters. The second-order valence-corrected chi connectivity index (χ2v) is 24.1. The highest BCUT2D eigenvalue weighted by molar-refractivity contribution is 5.71. The molecule has 0 fully saturated rings. The zero-order valence-corrected chi connectivity index (χ0v) is 54.3. The summed E-state index contributed by atoms with van der Waals surface area (Å²) in [6.45, 7) is 6.59. The van der Waals surface area contributed by atoms with Gasteiger partial charge in [0.25, 0.3) is 0 Å². The molecule has 0 amide bonds. The summed E-state index contributed by atoms with van der Waals surface area (Å²) in [5.41, 5.74) is 0. The lowest BCUT2D eigenvalue weighted by Crippen LogP contribution is -2.30. The van der Waals surface area contributed by atoms with Crippen LogP contribution in [-0.2, 0) is 28.6 Å². The number of hydrogen-bond acceptors (Lipinski definition) is 6. The van der Waals surface area contributed by atoms with E-state index in [1.54, 1.807) is 0 Å². The maximum atomic E-state index is 13.0. The zero-order valence-electron chi connectivity index (χ0n) is 54.3. The largest absolute Gasteiger partial charge is 0.462 e. The van der Waals surface area contributed by atoms with Crippen molar-refractivity contribution < 1.29 is 28.6 Å². The van der Waals surface area contributed by atoms with Gasteiger partial charge < -0.3 is 14.2 Å². The molecule has 0 heterocycles. The quantitative estimate of drug-likeness (QED) is 0.0261. The molecule has 0 aromatic heterocycles. The number of esters is 3. The SMILES string of the molecule is CC/C=C\C/C=C\C/C=C\C/C=C\C/C=C\CCCCCCCCCCCC(=O)OCC(COC(=O)CCCCCCCCCCCCCCC)OC(=O)CCCCCCCCCCCCCCCCCCCCCCCCCCC. The van der Waals surface area contributed by atoms with Crippen molar-refractivity contribution in [3.8, 4) is 0 Å². The second-order valence-electron chi connectivity index (χ2n) is 24.1. The summed E-state index contributed by atoms with van der Waals surface area (Å²) < 4.78 is 17.0. The average Bonchev–Trinajstić information content (AvgIpc) is 3.46. The van der Waals surface area contributed by atoms with Crippen LogP contribution in [0.25, 0.3) is 0 Å². The highest BCUT2D eigenvalue weighted by atomic mass is 16.6. The van der Waals surface area contributed by atoms with Crippen LogP contribution >= 0.6 is 0 Å². The molecule has 0 radical (unpaired) electrons. The number of carbonyl (C=O) groups is 3. The molecule has 6 heteroatoms. The molecule has 0 aromatic rings. The molecule has 0 rings (SSSR count). The smallest absolute Gasteiger partial charge is 0.306 e. The Morgan fingerprint density at radius 3 is 0.753 bits per heavy atom. The van der Waals surface area contributed by atoms with Crippen molar-refractivity contribution in [1.82, 2.24) is 0 Å². The minimum atomic E-state index is -0.775. The van der Waals surface area contributed by atoms with Gasteiger partial charge in [0.15, 0.2) is 6.10 Å². The predicted octanol–water partition coefficient (Wildman–Crippen LogP) is 24.7. The third-order valence-electron chi connectivity index (χ3n) is 16.0.